The van der Waals surface area contributed by atoms with Gasteiger partial charge in [-0.25, -0.2) is 0 Å². The first-order valence-corrected chi connectivity index (χ1v) is 6.60. The number of ether oxygens (including phenoxy) is 2. The van der Waals surface area contributed by atoms with Crippen LogP contribution in [0.5, 0.6) is 0 Å². The lowest BCUT2D eigenvalue weighted by atomic mass is 9.87. The van der Waals surface area contributed by atoms with Gasteiger partial charge in [0.15, 0.2) is 5.79 Å². The smallest absolute Gasteiger partial charge is 0.163 e. The van der Waals surface area contributed by atoms with Gasteiger partial charge in [-0.05, 0) is 45.4 Å². The Morgan fingerprint density at radius 3 is 2.44 bits per heavy atom. The van der Waals surface area contributed by atoms with Crippen molar-refractivity contribution in [2.24, 2.45) is 5.92 Å². The summed E-state index contributed by atoms with van der Waals surface area (Å²) in [7, 11) is 0. The fraction of sp³-hybridized carbons (Fsp3) is 1.00. The van der Waals surface area contributed by atoms with E-state index in [-0.39, 0.29) is 11.9 Å². The third kappa shape index (κ3) is 3.44. The Bertz CT molecular complexity index is 222. The number of nitrogens with one attached hydrogen (secondary N) is 1. The average molecular weight is 227 g/mol. The van der Waals surface area contributed by atoms with E-state index in [2.05, 4.69) is 12.2 Å². The first-order valence-electron chi connectivity index (χ1n) is 6.60. The minimum Gasteiger partial charge on any atom is -0.348 e. The van der Waals surface area contributed by atoms with Gasteiger partial charge in [0.05, 0.1) is 12.7 Å². The molecule has 3 nitrogen and oxygen atoms in total. The zero-order chi connectivity index (χ0) is 11.6. The molecule has 1 unspecified atom stereocenters. The second kappa shape index (κ2) is 5.03. The maximum absolute atomic E-state index is 5.78. The molecule has 0 bridgehead atoms. The minimum absolute atomic E-state index is 0.231. The van der Waals surface area contributed by atoms with Crippen LogP contribution in [0, 0.1) is 5.92 Å². The predicted molar refractivity (Wildman–Crippen MR) is 64.3 cm³/mol. The molecule has 0 aromatic carbocycles. The Hall–Kier alpha value is -0.120. The average Bonchev–Trinajstić information content (AvgIpc) is 2.58. The Morgan fingerprint density at radius 1 is 1.19 bits per heavy atom. The molecule has 3 heteroatoms. The van der Waals surface area contributed by atoms with Gasteiger partial charge >= 0.3 is 0 Å². The van der Waals surface area contributed by atoms with Gasteiger partial charge < -0.3 is 14.8 Å². The highest BCUT2D eigenvalue weighted by atomic mass is 16.7. The molecule has 0 aromatic rings. The third-order valence-corrected chi connectivity index (χ3v) is 3.72. The third-order valence-electron chi connectivity index (χ3n) is 3.72. The molecular formula is C13H25NO2. The van der Waals surface area contributed by atoms with Gasteiger partial charge in [-0.3, -0.25) is 0 Å². The fourth-order valence-corrected chi connectivity index (χ4v) is 2.63. The monoisotopic (exact) mass is 227 g/mol. The predicted octanol–water partition coefficient (Wildman–Crippen LogP) is 2.31. The van der Waals surface area contributed by atoms with Crippen molar-refractivity contribution in [3.8, 4) is 0 Å². The largest absolute Gasteiger partial charge is 0.348 e. The second-order valence-electron chi connectivity index (χ2n) is 5.82. The molecule has 2 fully saturated rings. The molecule has 2 aliphatic rings. The molecule has 1 aliphatic heterocycles. The lowest BCUT2D eigenvalue weighted by molar-refractivity contribution is -0.137. The summed E-state index contributed by atoms with van der Waals surface area (Å²) in [6.07, 6.45) is 5.60. The van der Waals surface area contributed by atoms with E-state index in [4.69, 9.17) is 9.47 Å². The maximum atomic E-state index is 5.78. The molecule has 2 rings (SSSR count). The maximum Gasteiger partial charge on any atom is 0.163 e. The van der Waals surface area contributed by atoms with Crippen molar-refractivity contribution < 1.29 is 9.47 Å². The van der Waals surface area contributed by atoms with E-state index in [0.29, 0.717) is 6.04 Å². The van der Waals surface area contributed by atoms with E-state index in [0.717, 1.165) is 19.1 Å². The lowest BCUT2D eigenvalue weighted by Crippen LogP contribution is -2.39. The van der Waals surface area contributed by atoms with Crippen LogP contribution in [-0.2, 0) is 9.47 Å². The van der Waals surface area contributed by atoms with Crippen LogP contribution in [-0.4, -0.2) is 31.1 Å². The van der Waals surface area contributed by atoms with Crippen molar-refractivity contribution in [3.05, 3.63) is 0 Å². The molecule has 16 heavy (non-hydrogen) atoms. The van der Waals surface area contributed by atoms with Crippen LogP contribution in [0.1, 0.15) is 46.5 Å². The van der Waals surface area contributed by atoms with Gasteiger partial charge in [-0.1, -0.05) is 6.92 Å². The highest BCUT2D eigenvalue weighted by Crippen LogP contribution is 2.25. The van der Waals surface area contributed by atoms with Crippen LogP contribution in [0.25, 0.3) is 0 Å². The topological polar surface area (TPSA) is 30.5 Å². The first kappa shape index (κ1) is 12.3. The van der Waals surface area contributed by atoms with Gasteiger partial charge in [-0.2, -0.15) is 0 Å². The summed E-state index contributed by atoms with van der Waals surface area (Å²) >= 11 is 0. The van der Waals surface area contributed by atoms with E-state index < -0.39 is 0 Å². The van der Waals surface area contributed by atoms with Gasteiger partial charge in [-0.15, -0.1) is 0 Å². The zero-order valence-electron chi connectivity index (χ0n) is 10.8. The molecule has 0 aromatic heterocycles. The van der Waals surface area contributed by atoms with Crippen LogP contribution in [0.15, 0.2) is 0 Å². The summed E-state index contributed by atoms with van der Waals surface area (Å²) in [5.74, 6) is 0.538. The molecule has 0 amide bonds. The summed E-state index contributed by atoms with van der Waals surface area (Å²) in [5.41, 5.74) is 0. The van der Waals surface area contributed by atoms with Crippen molar-refractivity contribution in [3.63, 3.8) is 0 Å². The molecule has 1 N–H and O–H groups in total. The quantitative estimate of drug-likeness (QED) is 0.802. The molecule has 94 valence electrons. The highest BCUT2D eigenvalue weighted by molar-refractivity contribution is 4.79. The van der Waals surface area contributed by atoms with Crippen LogP contribution in [0.3, 0.4) is 0 Å². The van der Waals surface area contributed by atoms with Gasteiger partial charge in [0.1, 0.15) is 0 Å². The molecule has 0 radical (unpaired) electrons. The van der Waals surface area contributed by atoms with E-state index >= 15 is 0 Å². The Kier molecular flexibility index (Phi) is 3.88. The van der Waals surface area contributed by atoms with Crippen molar-refractivity contribution in [2.45, 2.75) is 64.4 Å². The molecule has 1 atom stereocenters. The first-order chi connectivity index (χ1) is 7.55. The summed E-state index contributed by atoms with van der Waals surface area (Å²) in [5, 5.41) is 3.62. The Balaban J connectivity index is 1.65. The molecule has 1 heterocycles. The van der Waals surface area contributed by atoms with Crippen LogP contribution in [0.2, 0.25) is 0 Å². The van der Waals surface area contributed by atoms with Crippen LogP contribution < -0.4 is 5.32 Å². The summed E-state index contributed by atoms with van der Waals surface area (Å²) < 4.78 is 11.3. The van der Waals surface area contributed by atoms with Crippen LogP contribution in [0.4, 0.5) is 0 Å². The zero-order valence-corrected chi connectivity index (χ0v) is 10.8. The van der Waals surface area contributed by atoms with Crippen LogP contribution >= 0.6 is 0 Å². The SMILES string of the molecule is CC1CCC(NCC2COC(C)(C)O2)CC1. The Morgan fingerprint density at radius 2 is 1.88 bits per heavy atom. The standard InChI is InChI=1S/C13H25NO2/c1-10-4-6-11(7-5-10)14-8-12-9-15-13(2,3)16-12/h10-12,14H,4-9H2,1-3H3. The van der Waals surface area contributed by atoms with Gasteiger partial charge in [0.25, 0.3) is 0 Å². The van der Waals surface area contributed by atoms with Crippen molar-refractivity contribution in [1.82, 2.24) is 5.32 Å². The fourth-order valence-electron chi connectivity index (χ4n) is 2.63. The van der Waals surface area contributed by atoms with Crippen molar-refractivity contribution >= 4 is 0 Å². The summed E-state index contributed by atoms with van der Waals surface area (Å²) in [4.78, 5) is 0. The van der Waals surface area contributed by atoms with Crippen molar-refractivity contribution in [1.29, 1.82) is 0 Å². The van der Waals surface area contributed by atoms with E-state index in [1.807, 2.05) is 13.8 Å². The van der Waals surface area contributed by atoms with E-state index in [9.17, 15) is 0 Å². The highest BCUT2D eigenvalue weighted by Gasteiger charge is 2.32. The molecule has 0 spiro atoms. The summed E-state index contributed by atoms with van der Waals surface area (Å²) in [6, 6.07) is 0.698. The number of hydrogen-bond donors (Lipinski definition) is 1. The Labute approximate surface area is 98.9 Å². The number of rotatable bonds is 3. The minimum atomic E-state index is -0.382. The second-order valence-corrected chi connectivity index (χ2v) is 5.82. The van der Waals surface area contributed by atoms with Crippen molar-refractivity contribution in [2.75, 3.05) is 13.2 Å². The van der Waals surface area contributed by atoms with Gasteiger partial charge in [0.2, 0.25) is 0 Å². The number of hydrogen-bond acceptors (Lipinski definition) is 3. The van der Waals surface area contributed by atoms with E-state index in [1.54, 1.807) is 0 Å². The molecule has 1 saturated carbocycles. The lowest BCUT2D eigenvalue weighted by Gasteiger charge is -2.28. The normalized spacial score (nSPS) is 38.8. The molecule has 1 aliphatic carbocycles. The van der Waals surface area contributed by atoms with Gasteiger partial charge in [0, 0.05) is 12.6 Å². The molecular weight excluding hydrogens is 202 g/mol. The molecule has 1 saturated heterocycles. The summed E-state index contributed by atoms with van der Waals surface area (Å²) in [6.45, 7) is 7.98. The van der Waals surface area contributed by atoms with E-state index in [1.165, 1.54) is 25.7 Å².